The van der Waals surface area contributed by atoms with Crippen molar-refractivity contribution in [2.75, 3.05) is 14.2 Å². The molecule has 1 aliphatic heterocycles. The van der Waals surface area contributed by atoms with E-state index in [0.717, 1.165) is 12.0 Å². The average molecular weight is 713 g/mol. The first-order valence-electron chi connectivity index (χ1n) is 17.6. The molecule has 1 aliphatic rings. The standard InChI is InChI=1S/C38H65FO9Si/c1-14-30(45-10)27(4)33-34(48-33)35(42)37(8,39)20-15-16-25(2)22-26(3)17-18-31(47-28(5)40)38(9,43)21-19-29(23-32(41)46-11)24-36(6,7)49(12,13)44/h15-18,20,26-27,29-31,33-34,43-44H,14,19,21-24H2,1-13H3/b18-17+,20-15+,25-16+/t26-,27+,29+,30-,31-,33+,34-,37?,38+/m0/s1. The topological polar surface area (TPSA) is 132 Å². The molecule has 1 unspecified atom stereocenters. The molecule has 1 fully saturated rings. The summed E-state index contributed by atoms with van der Waals surface area (Å²) in [6, 6.07) is 0. The summed E-state index contributed by atoms with van der Waals surface area (Å²) in [7, 11) is 0.410. The molecule has 0 amide bonds. The third-order valence-corrected chi connectivity index (χ3v) is 13.7. The number of esters is 2. The zero-order chi connectivity index (χ0) is 38.0. The zero-order valence-electron chi connectivity index (χ0n) is 32.3. The number of epoxide rings is 1. The number of aliphatic hydroxyl groups is 1. The van der Waals surface area contributed by atoms with Gasteiger partial charge in [-0.3, -0.25) is 14.4 Å². The Morgan fingerprint density at radius 1 is 1.04 bits per heavy atom. The minimum atomic E-state index is -2.55. The summed E-state index contributed by atoms with van der Waals surface area (Å²) < 4.78 is 36.8. The van der Waals surface area contributed by atoms with Gasteiger partial charge < -0.3 is 28.8 Å². The van der Waals surface area contributed by atoms with Gasteiger partial charge in [-0.1, -0.05) is 58.4 Å². The maximum atomic E-state index is 15.4. The summed E-state index contributed by atoms with van der Waals surface area (Å²) >= 11 is 0. The number of carbonyl (C=O) groups is 3. The van der Waals surface area contributed by atoms with Crippen molar-refractivity contribution in [1.29, 1.82) is 0 Å². The zero-order valence-corrected chi connectivity index (χ0v) is 33.3. The first-order valence-corrected chi connectivity index (χ1v) is 20.5. The molecule has 0 saturated carbocycles. The van der Waals surface area contributed by atoms with E-state index >= 15 is 4.39 Å². The summed E-state index contributed by atoms with van der Waals surface area (Å²) in [6.07, 6.45) is 8.82. The van der Waals surface area contributed by atoms with Gasteiger partial charge >= 0.3 is 11.9 Å². The molecule has 282 valence electrons. The summed E-state index contributed by atoms with van der Waals surface area (Å²) in [6.45, 7) is 19.7. The predicted octanol–water partition coefficient (Wildman–Crippen LogP) is 7.21. The van der Waals surface area contributed by atoms with Gasteiger partial charge in [0, 0.05) is 26.4 Å². The van der Waals surface area contributed by atoms with Crippen LogP contribution in [0.1, 0.15) is 101 Å². The average Bonchev–Trinajstić information content (AvgIpc) is 3.78. The number of hydrogen-bond acceptors (Lipinski definition) is 9. The Morgan fingerprint density at radius 2 is 1.65 bits per heavy atom. The second-order valence-electron chi connectivity index (χ2n) is 15.7. The lowest BCUT2D eigenvalue weighted by molar-refractivity contribution is -0.156. The predicted molar refractivity (Wildman–Crippen MR) is 193 cm³/mol. The maximum Gasteiger partial charge on any atom is 0.305 e. The number of halogens is 1. The van der Waals surface area contributed by atoms with Crippen LogP contribution in [0.4, 0.5) is 4.39 Å². The Morgan fingerprint density at radius 3 is 2.16 bits per heavy atom. The highest BCUT2D eigenvalue weighted by molar-refractivity contribution is 6.72. The van der Waals surface area contributed by atoms with Crippen molar-refractivity contribution in [2.45, 2.75) is 155 Å². The molecule has 0 aromatic carbocycles. The highest BCUT2D eigenvalue weighted by Gasteiger charge is 2.54. The molecule has 1 rings (SSSR count). The Bertz CT molecular complexity index is 1180. The van der Waals surface area contributed by atoms with Crippen molar-refractivity contribution >= 4 is 26.0 Å². The van der Waals surface area contributed by atoms with Gasteiger partial charge in [0.15, 0.2) is 14.0 Å². The lowest BCUT2D eigenvalue weighted by Crippen LogP contribution is -2.42. The largest absolute Gasteiger partial charge is 0.469 e. The van der Waals surface area contributed by atoms with Crippen LogP contribution in [-0.4, -0.2) is 85.8 Å². The Kier molecular flexibility index (Phi) is 17.3. The van der Waals surface area contributed by atoms with Crippen LogP contribution >= 0.6 is 0 Å². The molecule has 9 nitrogen and oxygen atoms in total. The van der Waals surface area contributed by atoms with Crippen molar-refractivity contribution in [2.24, 2.45) is 17.8 Å². The molecule has 49 heavy (non-hydrogen) atoms. The van der Waals surface area contributed by atoms with Crippen molar-refractivity contribution in [3.63, 3.8) is 0 Å². The fraction of sp³-hybridized carbons (Fsp3) is 0.763. The maximum absolute atomic E-state index is 15.4. The number of alkyl halides is 1. The molecule has 0 aliphatic carbocycles. The van der Waals surface area contributed by atoms with Crippen molar-refractivity contribution in [3.05, 3.63) is 36.0 Å². The molecule has 0 radical (unpaired) electrons. The number of rotatable bonds is 22. The number of methoxy groups -OCH3 is 2. The second kappa shape index (κ2) is 18.9. The van der Waals surface area contributed by atoms with Crippen LogP contribution in [0, 0.1) is 17.8 Å². The lowest BCUT2D eigenvalue weighted by atomic mass is 9.83. The lowest BCUT2D eigenvalue weighted by Gasteiger charge is -2.38. The van der Waals surface area contributed by atoms with Gasteiger partial charge in [0.2, 0.25) is 5.78 Å². The van der Waals surface area contributed by atoms with Crippen LogP contribution in [0.15, 0.2) is 36.0 Å². The molecule has 0 aromatic rings. The second-order valence-corrected chi connectivity index (χ2v) is 20.1. The van der Waals surface area contributed by atoms with E-state index in [-0.39, 0.29) is 53.8 Å². The van der Waals surface area contributed by atoms with Gasteiger partial charge in [-0.25, -0.2) is 4.39 Å². The Labute approximate surface area is 295 Å². The van der Waals surface area contributed by atoms with Crippen molar-refractivity contribution < 1.29 is 47.6 Å². The van der Waals surface area contributed by atoms with E-state index in [4.69, 9.17) is 18.9 Å². The van der Waals surface area contributed by atoms with Gasteiger partial charge in [-0.2, -0.15) is 0 Å². The Balaban J connectivity index is 2.93. The summed E-state index contributed by atoms with van der Waals surface area (Å²) in [5, 5.41) is 11.1. The number of allylic oxidation sites excluding steroid dienone is 5. The molecule has 1 saturated heterocycles. The Hall–Kier alpha value is -2.18. The molecule has 11 heteroatoms. The van der Waals surface area contributed by atoms with Gasteiger partial charge in [-0.05, 0) is 95.0 Å². The van der Waals surface area contributed by atoms with E-state index in [2.05, 4.69) is 0 Å². The van der Waals surface area contributed by atoms with E-state index in [9.17, 15) is 24.3 Å². The van der Waals surface area contributed by atoms with Gasteiger partial charge in [0.1, 0.15) is 17.8 Å². The van der Waals surface area contributed by atoms with Crippen LogP contribution in [0.25, 0.3) is 0 Å². The van der Waals surface area contributed by atoms with Crippen molar-refractivity contribution in [3.8, 4) is 0 Å². The normalized spacial score (nSPS) is 22.9. The molecule has 9 atom stereocenters. The minimum absolute atomic E-state index is 0.0177. The van der Waals surface area contributed by atoms with Crippen LogP contribution in [0.5, 0.6) is 0 Å². The fourth-order valence-corrected chi connectivity index (χ4v) is 6.93. The van der Waals surface area contributed by atoms with Crippen LogP contribution in [0.3, 0.4) is 0 Å². The SMILES string of the molecule is CC[C@H](OC)[C@@H](C)[C@H]1O[C@@H]1C(=O)C(C)(F)/C=C/C=C(\C)C[C@@H](C)/C=C/[C@H](OC(C)=O)[C@](C)(O)CC[C@H](CC(=O)OC)CC(C)(C)[Si](C)(C)O. The summed E-state index contributed by atoms with van der Waals surface area (Å²) in [5.74, 6) is -1.68. The van der Waals surface area contributed by atoms with E-state index in [1.807, 2.05) is 60.7 Å². The van der Waals surface area contributed by atoms with Crippen molar-refractivity contribution in [1.82, 2.24) is 0 Å². The molecular weight excluding hydrogens is 647 g/mol. The first-order chi connectivity index (χ1) is 22.4. The number of Topliss-reactive ketones (excluding diaryl/α,β-unsaturated/α-hetero) is 1. The van der Waals surface area contributed by atoms with E-state index in [1.165, 1.54) is 27.0 Å². The highest BCUT2D eigenvalue weighted by Crippen LogP contribution is 2.44. The number of ketones is 1. The molecule has 0 spiro atoms. The molecule has 0 aromatic heterocycles. The molecule has 1 heterocycles. The van der Waals surface area contributed by atoms with Crippen LogP contribution in [-0.2, 0) is 33.3 Å². The third kappa shape index (κ3) is 14.5. The van der Waals surface area contributed by atoms with Crippen LogP contribution < -0.4 is 0 Å². The van der Waals surface area contributed by atoms with Gasteiger partial charge in [0.05, 0.1) is 19.3 Å². The van der Waals surface area contributed by atoms with E-state index in [0.29, 0.717) is 19.3 Å². The quantitative estimate of drug-likeness (QED) is 0.0393. The fourth-order valence-electron chi connectivity index (χ4n) is 6.14. The molecule has 2 N–H and O–H groups in total. The van der Waals surface area contributed by atoms with Crippen LogP contribution in [0.2, 0.25) is 18.1 Å². The van der Waals surface area contributed by atoms with Gasteiger partial charge in [-0.15, -0.1) is 0 Å². The summed E-state index contributed by atoms with van der Waals surface area (Å²) in [4.78, 5) is 47.9. The van der Waals surface area contributed by atoms with E-state index in [1.54, 1.807) is 32.3 Å². The number of carbonyl (C=O) groups excluding carboxylic acids is 3. The minimum Gasteiger partial charge on any atom is -0.469 e. The summed E-state index contributed by atoms with van der Waals surface area (Å²) in [5.41, 5.74) is -2.67. The van der Waals surface area contributed by atoms with Gasteiger partial charge in [0.25, 0.3) is 0 Å². The first kappa shape index (κ1) is 44.8. The number of hydrogen-bond donors (Lipinski definition) is 2. The van der Waals surface area contributed by atoms with E-state index < -0.39 is 43.5 Å². The number of ether oxygens (including phenoxy) is 4. The monoisotopic (exact) mass is 712 g/mol. The molecule has 0 bridgehead atoms. The third-order valence-electron chi connectivity index (χ3n) is 10.2. The smallest absolute Gasteiger partial charge is 0.305 e. The molecular formula is C38H65FO9Si. The highest BCUT2D eigenvalue weighted by atomic mass is 28.4.